The molecule has 0 atom stereocenters. The number of rotatable bonds is 3. The average molecular weight is 240 g/mol. The lowest BCUT2D eigenvalue weighted by molar-refractivity contribution is 0.469. The summed E-state index contributed by atoms with van der Waals surface area (Å²) >= 11 is 0. The van der Waals surface area contributed by atoms with Crippen LogP contribution in [0.4, 0.5) is 5.69 Å². The van der Waals surface area contributed by atoms with Gasteiger partial charge < -0.3 is 5.11 Å². The molecule has 0 aliphatic rings. The molecule has 3 heteroatoms. The van der Waals surface area contributed by atoms with Crippen LogP contribution >= 0.6 is 0 Å². The number of anilines is 1. The highest BCUT2D eigenvalue weighted by Gasteiger charge is 2.03. The molecule has 2 aromatic rings. The van der Waals surface area contributed by atoms with Crippen LogP contribution in [0.15, 0.2) is 47.6 Å². The van der Waals surface area contributed by atoms with Crippen molar-refractivity contribution in [3.63, 3.8) is 0 Å². The summed E-state index contributed by atoms with van der Waals surface area (Å²) in [7, 11) is 0. The molecule has 0 amide bonds. The van der Waals surface area contributed by atoms with Crippen molar-refractivity contribution in [3.8, 4) is 5.75 Å². The molecule has 0 saturated carbocycles. The molecular weight excluding hydrogens is 224 g/mol. The summed E-state index contributed by atoms with van der Waals surface area (Å²) in [6.45, 7) is 3.87. The lowest BCUT2D eigenvalue weighted by Gasteiger charge is -2.06. The van der Waals surface area contributed by atoms with Crippen molar-refractivity contribution in [1.29, 1.82) is 0 Å². The Morgan fingerprint density at radius 3 is 2.50 bits per heavy atom. The number of phenolic OH excluding ortho intramolecular Hbond substituents is 1. The van der Waals surface area contributed by atoms with Crippen molar-refractivity contribution in [2.45, 2.75) is 13.8 Å². The second-order valence-corrected chi connectivity index (χ2v) is 4.18. The third kappa shape index (κ3) is 2.69. The number of hydrogen-bond donors (Lipinski definition) is 2. The van der Waals surface area contributed by atoms with Gasteiger partial charge in [0.25, 0.3) is 0 Å². The van der Waals surface area contributed by atoms with Gasteiger partial charge in [0, 0.05) is 5.56 Å². The van der Waals surface area contributed by atoms with Gasteiger partial charge in [-0.15, -0.1) is 0 Å². The van der Waals surface area contributed by atoms with Crippen LogP contribution in [0.2, 0.25) is 0 Å². The molecule has 0 aromatic heterocycles. The fourth-order valence-electron chi connectivity index (χ4n) is 1.62. The van der Waals surface area contributed by atoms with Gasteiger partial charge in [-0.2, -0.15) is 5.10 Å². The quantitative estimate of drug-likeness (QED) is 0.637. The number of aromatic hydroxyl groups is 1. The third-order valence-electron chi connectivity index (χ3n) is 2.90. The van der Waals surface area contributed by atoms with Crippen LogP contribution in [0.1, 0.15) is 16.7 Å². The van der Waals surface area contributed by atoms with E-state index in [-0.39, 0.29) is 5.75 Å². The summed E-state index contributed by atoms with van der Waals surface area (Å²) < 4.78 is 0. The van der Waals surface area contributed by atoms with E-state index in [1.165, 1.54) is 0 Å². The van der Waals surface area contributed by atoms with Gasteiger partial charge in [-0.25, -0.2) is 0 Å². The molecule has 18 heavy (non-hydrogen) atoms. The molecule has 0 heterocycles. The first-order chi connectivity index (χ1) is 8.68. The van der Waals surface area contributed by atoms with Crippen LogP contribution in [-0.4, -0.2) is 11.3 Å². The second kappa shape index (κ2) is 5.36. The van der Waals surface area contributed by atoms with Crippen molar-refractivity contribution in [2.24, 2.45) is 5.10 Å². The van der Waals surface area contributed by atoms with E-state index >= 15 is 0 Å². The van der Waals surface area contributed by atoms with Gasteiger partial charge in [0.1, 0.15) is 5.75 Å². The zero-order chi connectivity index (χ0) is 13.0. The zero-order valence-corrected chi connectivity index (χ0v) is 10.5. The number of aryl methyl sites for hydroxylation is 1. The largest absolute Gasteiger partial charge is 0.507 e. The Labute approximate surface area is 107 Å². The van der Waals surface area contributed by atoms with Gasteiger partial charge in [0.15, 0.2) is 0 Å². The van der Waals surface area contributed by atoms with Crippen LogP contribution in [0, 0.1) is 13.8 Å². The highest BCUT2D eigenvalue weighted by Crippen LogP contribution is 2.23. The Hall–Kier alpha value is -2.29. The molecule has 0 radical (unpaired) electrons. The number of phenols is 1. The molecule has 0 aliphatic carbocycles. The maximum Gasteiger partial charge on any atom is 0.127 e. The van der Waals surface area contributed by atoms with E-state index in [2.05, 4.69) is 10.5 Å². The maximum atomic E-state index is 9.96. The van der Waals surface area contributed by atoms with E-state index in [1.807, 2.05) is 56.3 Å². The molecule has 0 saturated heterocycles. The molecule has 0 spiro atoms. The summed E-state index contributed by atoms with van der Waals surface area (Å²) in [4.78, 5) is 0. The standard InChI is InChI=1S/C15H16N2O/c1-11-8-9-13(15(18)12(11)2)10-16-17-14-6-4-3-5-7-14/h3-10,17-18H,1-2H3. The van der Waals surface area contributed by atoms with Crippen LogP contribution in [-0.2, 0) is 0 Å². The van der Waals surface area contributed by atoms with Crippen LogP contribution in [0.25, 0.3) is 0 Å². The summed E-state index contributed by atoms with van der Waals surface area (Å²) in [6.07, 6.45) is 1.62. The predicted octanol–water partition coefficient (Wildman–Crippen LogP) is 3.46. The van der Waals surface area contributed by atoms with Gasteiger partial charge >= 0.3 is 0 Å². The topological polar surface area (TPSA) is 44.6 Å². The molecular formula is C15H16N2O. The van der Waals surface area contributed by atoms with Gasteiger partial charge in [-0.05, 0) is 43.2 Å². The van der Waals surface area contributed by atoms with Gasteiger partial charge in [-0.1, -0.05) is 24.3 Å². The summed E-state index contributed by atoms with van der Waals surface area (Å²) in [5.74, 6) is 0.286. The van der Waals surface area contributed by atoms with Gasteiger partial charge in [-0.3, -0.25) is 5.43 Å². The van der Waals surface area contributed by atoms with Crippen molar-refractivity contribution in [2.75, 3.05) is 5.43 Å². The first-order valence-electron chi connectivity index (χ1n) is 5.82. The SMILES string of the molecule is Cc1ccc(C=NNc2ccccc2)c(O)c1C. The summed E-state index contributed by atoms with van der Waals surface area (Å²) in [5, 5.41) is 14.1. The van der Waals surface area contributed by atoms with Crippen molar-refractivity contribution < 1.29 is 5.11 Å². The van der Waals surface area contributed by atoms with Crippen molar-refractivity contribution in [1.82, 2.24) is 0 Å². The molecule has 0 unspecified atom stereocenters. The monoisotopic (exact) mass is 240 g/mol. The van der Waals surface area contributed by atoms with Crippen molar-refractivity contribution in [3.05, 3.63) is 59.2 Å². The minimum atomic E-state index is 0.286. The minimum absolute atomic E-state index is 0.286. The molecule has 2 N–H and O–H groups in total. The molecule has 0 fully saturated rings. The Morgan fingerprint density at radius 1 is 1.06 bits per heavy atom. The third-order valence-corrected chi connectivity index (χ3v) is 2.90. The second-order valence-electron chi connectivity index (χ2n) is 4.18. The molecule has 0 bridgehead atoms. The Morgan fingerprint density at radius 2 is 1.78 bits per heavy atom. The molecule has 3 nitrogen and oxygen atoms in total. The van der Waals surface area contributed by atoms with E-state index in [0.717, 1.165) is 16.8 Å². The first-order valence-corrected chi connectivity index (χ1v) is 5.82. The Balaban J connectivity index is 2.13. The molecule has 0 aliphatic heterocycles. The Bertz CT molecular complexity index is 562. The van der Waals surface area contributed by atoms with E-state index in [9.17, 15) is 5.11 Å². The van der Waals surface area contributed by atoms with Crippen LogP contribution in [0.5, 0.6) is 5.75 Å². The van der Waals surface area contributed by atoms with Gasteiger partial charge in [0.2, 0.25) is 0 Å². The summed E-state index contributed by atoms with van der Waals surface area (Å²) in [5.41, 5.74) is 6.49. The highest BCUT2D eigenvalue weighted by molar-refractivity contribution is 5.84. The van der Waals surface area contributed by atoms with Crippen LogP contribution < -0.4 is 5.43 Å². The molecule has 2 aromatic carbocycles. The van der Waals surface area contributed by atoms with E-state index in [4.69, 9.17) is 0 Å². The maximum absolute atomic E-state index is 9.96. The number of benzene rings is 2. The van der Waals surface area contributed by atoms with E-state index in [0.29, 0.717) is 5.56 Å². The average Bonchev–Trinajstić information content (AvgIpc) is 2.40. The Kier molecular flexibility index (Phi) is 3.63. The number of hydrogen-bond acceptors (Lipinski definition) is 3. The lowest BCUT2D eigenvalue weighted by atomic mass is 10.1. The predicted molar refractivity (Wildman–Crippen MR) is 75.2 cm³/mol. The first kappa shape index (κ1) is 12.2. The fourth-order valence-corrected chi connectivity index (χ4v) is 1.62. The van der Waals surface area contributed by atoms with Crippen molar-refractivity contribution >= 4 is 11.9 Å². The summed E-state index contributed by atoms with van der Waals surface area (Å²) in [6, 6.07) is 13.5. The lowest BCUT2D eigenvalue weighted by Crippen LogP contribution is -1.92. The van der Waals surface area contributed by atoms with E-state index < -0.39 is 0 Å². The molecule has 2 rings (SSSR count). The number of nitrogens with one attached hydrogen (secondary N) is 1. The number of nitrogens with zero attached hydrogens (tertiary/aromatic N) is 1. The van der Waals surface area contributed by atoms with Crippen LogP contribution in [0.3, 0.4) is 0 Å². The highest BCUT2D eigenvalue weighted by atomic mass is 16.3. The fraction of sp³-hybridized carbons (Fsp3) is 0.133. The molecule has 92 valence electrons. The minimum Gasteiger partial charge on any atom is -0.507 e. The smallest absolute Gasteiger partial charge is 0.127 e. The van der Waals surface area contributed by atoms with Gasteiger partial charge in [0.05, 0.1) is 11.9 Å². The van der Waals surface area contributed by atoms with E-state index in [1.54, 1.807) is 6.21 Å². The normalized spacial score (nSPS) is 10.8. The number of hydrazone groups is 1. The number of para-hydroxylation sites is 1. The zero-order valence-electron chi connectivity index (χ0n) is 10.5.